The molecule has 0 aliphatic rings. The number of nitrogen functional groups attached to an aromatic ring is 1. The van der Waals surface area contributed by atoms with Crippen molar-refractivity contribution in [2.75, 3.05) is 43.2 Å². The van der Waals surface area contributed by atoms with E-state index in [-0.39, 0.29) is 5.95 Å². The van der Waals surface area contributed by atoms with Crippen LogP contribution in [-0.2, 0) is 0 Å². The van der Waals surface area contributed by atoms with Crippen molar-refractivity contribution in [3.63, 3.8) is 0 Å². The Balaban J connectivity index is 1.85. The molecule has 7 nitrogen and oxygen atoms in total. The van der Waals surface area contributed by atoms with Gasteiger partial charge in [0.25, 0.3) is 0 Å². The number of benzene rings is 1. The Morgan fingerprint density at radius 3 is 2.60 bits per heavy atom. The van der Waals surface area contributed by atoms with E-state index in [1.54, 1.807) is 4.90 Å². The molecule has 1 aromatic carbocycles. The number of para-hydroxylation sites is 1. The average molecular weight is 274 g/mol. The molecule has 0 atom stereocenters. The topological polar surface area (TPSA) is 89.2 Å². The molecule has 0 aliphatic heterocycles. The van der Waals surface area contributed by atoms with Crippen LogP contribution in [0.25, 0.3) is 0 Å². The van der Waals surface area contributed by atoms with Crippen molar-refractivity contribution in [1.82, 2.24) is 15.0 Å². The predicted octanol–water partition coefficient (Wildman–Crippen LogP) is 1.01. The van der Waals surface area contributed by atoms with E-state index in [2.05, 4.69) is 20.3 Å². The lowest BCUT2D eigenvalue weighted by molar-refractivity contribution is 0.332. The molecule has 0 amide bonds. The van der Waals surface area contributed by atoms with Gasteiger partial charge in [-0.1, -0.05) is 18.2 Å². The number of hydrogen-bond acceptors (Lipinski definition) is 7. The molecule has 0 bridgehead atoms. The third-order valence-electron chi connectivity index (χ3n) is 2.44. The zero-order valence-corrected chi connectivity index (χ0v) is 11.6. The number of nitrogens with two attached hydrogens (primary N) is 1. The highest BCUT2D eigenvalue weighted by Gasteiger charge is 2.05. The van der Waals surface area contributed by atoms with Gasteiger partial charge in [-0.2, -0.15) is 15.0 Å². The molecule has 0 saturated carbocycles. The van der Waals surface area contributed by atoms with Crippen molar-refractivity contribution in [2.45, 2.75) is 0 Å². The normalized spacial score (nSPS) is 10.1. The molecule has 2 aromatic rings. The third kappa shape index (κ3) is 3.98. The zero-order valence-electron chi connectivity index (χ0n) is 11.6. The maximum Gasteiger partial charge on any atom is 0.231 e. The average Bonchev–Trinajstić information content (AvgIpc) is 2.44. The van der Waals surface area contributed by atoms with Gasteiger partial charge in [-0.3, -0.25) is 0 Å². The molecule has 0 radical (unpaired) electrons. The fourth-order valence-electron chi connectivity index (χ4n) is 1.51. The number of ether oxygens (including phenoxy) is 1. The third-order valence-corrected chi connectivity index (χ3v) is 2.44. The van der Waals surface area contributed by atoms with Crippen LogP contribution >= 0.6 is 0 Å². The summed E-state index contributed by atoms with van der Waals surface area (Å²) in [5.41, 5.74) is 5.63. The Bertz CT molecular complexity index is 546. The Hall–Kier alpha value is -2.57. The van der Waals surface area contributed by atoms with Gasteiger partial charge in [0, 0.05) is 14.1 Å². The first kappa shape index (κ1) is 13.9. The van der Waals surface area contributed by atoms with Crippen molar-refractivity contribution in [3.8, 4) is 5.75 Å². The second-order valence-corrected chi connectivity index (χ2v) is 4.30. The van der Waals surface area contributed by atoms with Crippen LogP contribution < -0.4 is 20.7 Å². The fraction of sp³-hybridized carbons (Fsp3) is 0.308. The maximum absolute atomic E-state index is 5.63. The van der Waals surface area contributed by atoms with E-state index in [1.165, 1.54) is 0 Å². The number of anilines is 3. The number of aromatic nitrogens is 3. The number of hydrogen-bond donors (Lipinski definition) is 2. The lowest BCUT2D eigenvalue weighted by atomic mass is 10.3. The second kappa shape index (κ2) is 6.55. The summed E-state index contributed by atoms with van der Waals surface area (Å²) >= 11 is 0. The van der Waals surface area contributed by atoms with Crippen LogP contribution in [-0.4, -0.2) is 42.2 Å². The standard InChI is InChI=1S/C13H18N6O/c1-19(2)13-17-11(14)16-12(18-13)15-8-9-20-10-6-4-3-5-7-10/h3-7H,8-9H2,1-2H3,(H3,14,15,16,17,18). The highest BCUT2D eigenvalue weighted by atomic mass is 16.5. The van der Waals surface area contributed by atoms with Crippen molar-refractivity contribution < 1.29 is 4.74 Å². The van der Waals surface area contributed by atoms with Crippen LogP contribution in [0.2, 0.25) is 0 Å². The molecule has 0 saturated heterocycles. The SMILES string of the molecule is CN(C)c1nc(N)nc(NCCOc2ccccc2)n1. The summed E-state index contributed by atoms with van der Waals surface area (Å²) in [5, 5.41) is 3.06. The summed E-state index contributed by atoms with van der Waals surface area (Å²) in [6, 6.07) is 9.62. The van der Waals surface area contributed by atoms with E-state index in [9.17, 15) is 0 Å². The summed E-state index contributed by atoms with van der Waals surface area (Å²) in [4.78, 5) is 14.0. The largest absolute Gasteiger partial charge is 0.492 e. The Morgan fingerprint density at radius 1 is 1.15 bits per heavy atom. The minimum Gasteiger partial charge on any atom is -0.492 e. The molecule has 20 heavy (non-hydrogen) atoms. The lowest BCUT2D eigenvalue weighted by Gasteiger charge is -2.12. The van der Waals surface area contributed by atoms with Gasteiger partial charge in [0.1, 0.15) is 12.4 Å². The van der Waals surface area contributed by atoms with Crippen molar-refractivity contribution in [2.24, 2.45) is 0 Å². The molecule has 3 N–H and O–H groups in total. The Labute approximate surface area is 117 Å². The first-order valence-electron chi connectivity index (χ1n) is 6.26. The summed E-state index contributed by atoms with van der Waals surface area (Å²) in [7, 11) is 3.69. The lowest BCUT2D eigenvalue weighted by Crippen LogP contribution is -2.18. The highest BCUT2D eigenvalue weighted by Crippen LogP contribution is 2.10. The van der Waals surface area contributed by atoms with Gasteiger partial charge in [0.05, 0.1) is 6.54 Å². The van der Waals surface area contributed by atoms with Crippen LogP contribution in [0.5, 0.6) is 5.75 Å². The van der Waals surface area contributed by atoms with Crippen molar-refractivity contribution >= 4 is 17.8 Å². The monoisotopic (exact) mass is 274 g/mol. The van der Waals surface area contributed by atoms with Crippen LogP contribution in [0.1, 0.15) is 0 Å². The molecule has 0 aliphatic carbocycles. The summed E-state index contributed by atoms with van der Waals surface area (Å²) in [5.74, 6) is 1.98. The van der Waals surface area contributed by atoms with Gasteiger partial charge in [0.2, 0.25) is 17.8 Å². The minimum absolute atomic E-state index is 0.190. The zero-order chi connectivity index (χ0) is 14.4. The van der Waals surface area contributed by atoms with Gasteiger partial charge in [-0.05, 0) is 12.1 Å². The maximum atomic E-state index is 5.63. The summed E-state index contributed by atoms with van der Waals surface area (Å²) in [6.45, 7) is 1.08. The summed E-state index contributed by atoms with van der Waals surface area (Å²) in [6.07, 6.45) is 0. The van der Waals surface area contributed by atoms with E-state index in [4.69, 9.17) is 10.5 Å². The van der Waals surface area contributed by atoms with E-state index in [0.29, 0.717) is 25.0 Å². The van der Waals surface area contributed by atoms with Gasteiger partial charge in [-0.25, -0.2) is 0 Å². The smallest absolute Gasteiger partial charge is 0.231 e. The number of rotatable bonds is 6. The minimum atomic E-state index is 0.190. The highest BCUT2D eigenvalue weighted by molar-refractivity contribution is 5.40. The molecule has 106 valence electrons. The number of nitrogens with zero attached hydrogens (tertiary/aromatic N) is 4. The van der Waals surface area contributed by atoms with Gasteiger partial charge in [-0.15, -0.1) is 0 Å². The van der Waals surface area contributed by atoms with Gasteiger partial charge in [0.15, 0.2) is 0 Å². The molecule has 1 aromatic heterocycles. The van der Waals surface area contributed by atoms with Crippen molar-refractivity contribution in [3.05, 3.63) is 30.3 Å². The second-order valence-electron chi connectivity index (χ2n) is 4.30. The van der Waals surface area contributed by atoms with Gasteiger partial charge < -0.3 is 20.7 Å². The van der Waals surface area contributed by atoms with Gasteiger partial charge >= 0.3 is 0 Å². The van der Waals surface area contributed by atoms with Crippen LogP contribution in [0.3, 0.4) is 0 Å². The van der Waals surface area contributed by atoms with Crippen LogP contribution in [0.4, 0.5) is 17.8 Å². The van der Waals surface area contributed by atoms with E-state index in [0.717, 1.165) is 5.75 Å². The predicted molar refractivity (Wildman–Crippen MR) is 79.0 cm³/mol. The summed E-state index contributed by atoms with van der Waals surface area (Å²) < 4.78 is 5.56. The fourth-order valence-corrected chi connectivity index (χ4v) is 1.51. The first-order chi connectivity index (χ1) is 9.65. The van der Waals surface area contributed by atoms with Crippen molar-refractivity contribution in [1.29, 1.82) is 0 Å². The Morgan fingerprint density at radius 2 is 1.90 bits per heavy atom. The van der Waals surface area contributed by atoms with E-state index < -0.39 is 0 Å². The Kier molecular flexibility index (Phi) is 4.54. The van der Waals surface area contributed by atoms with E-state index in [1.807, 2.05) is 44.4 Å². The molecule has 0 fully saturated rings. The number of nitrogens with one attached hydrogen (secondary N) is 1. The molecular weight excluding hydrogens is 256 g/mol. The first-order valence-corrected chi connectivity index (χ1v) is 6.26. The molecule has 0 spiro atoms. The molecular formula is C13H18N6O. The van der Waals surface area contributed by atoms with Crippen LogP contribution in [0.15, 0.2) is 30.3 Å². The van der Waals surface area contributed by atoms with Crippen LogP contribution in [0, 0.1) is 0 Å². The van der Waals surface area contributed by atoms with E-state index >= 15 is 0 Å². The molecule has 2 rings (SSSR count). The molecule has 7 heteroatoms. The molecule has 1 heterocycles. The quantitative estimate of drug-likeness (QED) is 0.760. The molecule has 0 unspecified atom stereocenters.